The third-order valence-electron chi connectivity index (χ3n) is 7.52. The minimum atomic E-state index is 0.183. The van der Waals surface area contributed by atoms with Gasteiger partial charge in [0.15, 0.2) is 0 Å². The van der Waals surface area contributed by atoms with E-state index in [4.69, 9.17) is 9.47 Å². The predicted molar refractivity (Wildman–Crippen MR) is 133 cm³/mol. The van der Waals surface area contributed by atoms with Gasteiger partial charge in [-0.3, -0.25) is 0 Å². The summed E-state index contributed by atoms with van der Waals surface area (Å²) in [6.07, 6.45) is 8.61. The summed E-state index contributed by atoms with van der Waals surface area (Å²) in [5, 5.41) is 4.87. The van der Waals surface area contributed by atoms with Gasteiger partial charge in [0.1, 0.15) is 11.5 Å². The maximum atomic E-state index is 6.10. The molecule has 5 nitrogen and oxygen atoms in total. The first-order chi connectivity index (χ1) is 16.1. The molecule has 0 spiro atoms. The van der Waals surface area contributed by atoms with Crippen molar-refractivity contribution in [3.05, 3.63) is 60.6 Å². The molecule has 0 amide bonds. The Morgan fingerprint density at radius 1 is 1.03 bits per heavy atom. The molecule has 5 heteroatoms. The number of nitrogens with zero attached hydrogens (tertiary/aromatic N) is 1. The molecule has 0 aliphatic carbocycles. The fraction of sp³-hybridized carbons (Fsp3) is 0.357. The summed E-state index contributed by atoms with van der Waals surface area (Å²) in [5.41, 5.74) is 7.42. The van der Waals surface area contributed by atoms with Crippen LogP contribution in [0.15, 0.2) is 55.0 Å². The first-order valence-electron chi connectivity index (χ1n) is 11.9. The molecule has 0 radical (unpaired) electrons. The summed E-state index contributed by atoms with van der Waals surface area (Å²) in [5.74, 6) is 1.87. The molecule has 2 aromatic heterocycles. The number of ether oxygens (including phenoxy) is 2. The molecule has 0 saturated carbocycles. The maximum Gasteiger partial charge on any atom is 0.134 e. The lowest BCUT2D eigenvalue weighted by atomic mass is 9.80. The van der Waals surface area contributed by atoms with E-state index in [1.165, 1.54) is 33.2 Å². The summed E-state index contributed by atoms with van der Waals surface area (Å²) in [4.78, 5) is 3.38. The van der Waals surface area contributed by atoms with Gasteiger partial charge in [-0.05, 0) is 36.6 Å². The number of H-pyrrole nitrogens is 1. The summed E-state index contributed by atoms with van der Waals surface area (Å²) < 4.78 is 14.2. The monoisotopic (exact) mass is 441 g/mol. The number of piperidine rings is 1. The van der Waals surface area contributed by atoms with Crippen molar-refractivity contribution in [2.24, 2.45) is 5.41 Å². The molecule has 170 valence electrons. The zero-order valence-corrected chi connectivity index (χ0v) is 19.6. The van der Waals surface area contributed by atoms with Crippen LogP contribution in [-0.2, 0) is 6.42 Å². The summed E-state index contributed by atoms with van der Waals surface area (Å²) in [6.45, 7) is 7.54. The van der Waals surface area contributed by atoms with E-state index in [0.717, 1.165) is 43.0 Å². The Morgan fingerprint density at radius 2 is 1.85 bits per heavy atom. The van der Waals surface area contributed by atoms with E-state index >= 15 is 0 Å². The zero-order valence-electron chi connectivity index (χ0n) is 19.6. The van der Waals surface area contributed by atoms with E-state index in [1.54, 1.807) is 7.11 Å². The molecule has 0 bridgehead atoms. The second kappa shape index (κ2) is 7.70. The molecule has 2 N–H and O–H groups in total. The van der Waals surface area contributed by atoms with Crippen LogP contribution in [0.1, 0.15) is 31.9 Å². The van der Waals surface area contributed by atoms with Crippen LogP contribution in [0.4, 0.5) is 0 Å². The third-order valence-corrected chi connectivity index (χ3v) is 7.52. The van der Waals surface area contributed by atoms with Crippen LogP contribution in [0.3, 0.4) is 0 Å². The number of benzene rings is 2. The molecule has 2 aromatic carbocycles. The second-order valence-corrected chi connectivity index (χ2v) is 9.94. The Kier molecular flexibility index (Phi) is 4.77. The van der Waals surface area contributed by atoms with Gasteiger partial charge in [-0.25, -0.2) is 0 Å². The number of aromatic amines is 1. The molecule has 33 heavy (non-hydrogen) atoms. The van der Waals surface area contributed by atoms with Crippen LogP contribution in [0.5, 0.6) is 11.5 Å². The number of rotatable bonds is 4. The Hall–Kier alpha value is -3.18. The molecule has 1 fully saturated rings. The summed E-state index contributed by atoms with van der Waals surface area (Å²) in [7, 11) is 1.73. The van der Waals surface area contributed by atoms with Crippen LogP contribution >= 0.6 is 0 Å². The molecule has 1 atom stereocenters. The third kappa shape index (κ3) is 3.17. The molecule has 2 aliphatic rings. The lowest BCUT2D eigenvalue weighted by molar-refractivity contribution is 0.165. The van der Waals surface area contributed by atoms with Gasteiger partial charge in [0.2, 0.25) is 0 Å². The molecular weight excluding hydrogens is 410 g/mol. The number of para-hydroxylation sites is 1. The molecule has 1 saturated heterocycles. The van der Waals surface area contributed by atoms with Gasteiger partial charge in [0.25, 0.3) is 0 Å². The zero-order chi connectivity index (χ0) is 22.6. The van der Waals surface area contributed by atoms with Crippen molar-refractivity contribution in [1.29, 1.82) is 0 Å². The smallest absolute Gasteiger partial charge is 0.134 e. The Bertz CT molecular complexity index is 1330. The van der Waals surface area contributed by atoms with E-state index in [-0.39, 0.29) is 5.41 Å². The lowest BCUT2D eigenvalue weighted by Crippen LogP contribution is -2.43. The highest BCUT2D eigenvalue weighted by Gasteiger charge is 2.34. The highest BCUT2D eigenvalue weighted by atomic mass is 16.5. The highest BCUT2D eigenvalue weighted by molar-refractivity contribution is 6.01. The normalized spacial score (nSPS) is 19.4. The molecular formula is C28H31N3O2. The minimum absolute atomic E-state index is 0.183. The van der Waals surface area contributed by atoms with Gasteiger partial charge < -0.3 is 24.3 Å². The second-order valence-electron chi connectivity index (χ2n) is 9.94. The highest BCUT2D eigenvalue weighted by Crippen LogP contribution is 2.47. The van der Waals surface area contributed by atoms with Crippen molar-refractivity contribution in [3.8, 4) is 33.8 Å². The van der Waals surface area contributed by atoms with Crippen molar-refractivity contribution >= 4 is 10.9 Å². The van der Waals surface area contributed by atoms with E-state index in [2.05, 4.69) is 83.7 Å². The topological polar surface area (TPSA) is 51.2 Å². The largest absolute Gasteiger partial charge is 0.496 e. The van der Waals surface area contributed by atoms with Crippen LogP contribution in [0.2, 0.25) is 0 Å². The Morgan fingerprint density at radius 3 is 2.67 bits per heavy atom. The summed E-state index contributed by atoms with van der Waals surface area (Å²) >= 11 is 0. The fourth-order valence-corrected chi connectivity index (χ4v) is 5.83. The maximum absolute atomic E-state index is 6.10. The number of methoxy groups -OCH3 is 1. The minimum Gasteiger partial charge on any atom is -0.496 e. The van der Waals surface area contributed by atoms with Crippen molar-refractivity contribution in [1.82, 2.24) is 14.9 Å². The molecule has 4 aromatic rings. The van der Waals surface area contributed by atoms with E-state index in [1.807, 2.05) is 0 Å². The molecule has 1 unspecified atom stereocenters. The van der Waals surface area contributed by atoms with Gasteiger partial charge in [-0.2, -0.15) is 0 Å². The Balaban J connectivity index is 1.53. The first-order valence-corrected chi connectivity index (χ1v) is 11.9. The van der Waals surface area contributed by atoms with Crippen LogP contribution in [-0.4, -0.2) is 36.4 Å². The van der Waals surface area contributed by atoms with Crippen LogP contribution < -0.4 is 14.8 Å². The SMILES string of the molecule is COc1ccc(-c2c[nH]cc2-c2cn(C3CCNCC3(C)C)c3ccccc23)c2c1CCO2. The van der Waals surface area contributed by atoms with Crippen molar-refractivity contribution < 1.29 is 9.47 Å². The van der Waals surface area contributed by atoms with Crippen LogP contribution in [0.25, 0.3) is 33.2 Å². The molecule has 4 heterocycles. The molecule has 2 aliphatic heterocycles. The fourth-order valence-electron chi connectivity index (χ4n) is 5.83. The van der Waals surface area contributed by atoms with Gasteiger partial charge in [0, 0.05) is 76.3 Å². The number of nitrogens with one attached hydrogen (secondary N) is 2. The van der Waals surface area contributed by atoms with Crippen molar-refractivity contribution in [3.63, 3.8) is 0 Å². The van der Waals surface area contributed by atoms with E-state index in [0.29, 0.717) is 12.6 Å². The number of hydrogen-bond acceptors (Lipinski definition) is 3. The van der Waals surface area contributed by atoms with E-state index < -0.39 is 0 Å². The van der Waals surface area contributed by atoms with Gasteiger partial charge in [-0.15, -0.1) is 0 Å². The number of fused-ring (bicyclic) bond motifs is 2. The van der Waals surface area contributed by atoms with Crippen LogP contribution in [0, 0.1) is 5.41 Å². The quantitative estimate of drug-likeness (QED) is 0.420. The van der Waals surface area contributed by atoms with Crippen molar-refractivity contribution in [2.45, 2.75) is 32.7 Å². The number of hydrogen-bond donors (Lipinski definition) is 2. The number of aromatic nitrogens is 2. The van der Waals surface area contributed by atoms with Gasteiger partial charge >= 0.3 is 0 Å². The lowest BCUT2D eigenvalue weighted by Gasteiger charge is -2.40. The summed E-state index contributed by atoms with van der Waals surface area (Å²) in [6, 6.07) is 13.5. The first kappa shape index (κ1) is 20.4. The van der Waals surface area contributed by atoms with Gasteiger partial charge in [-0.1, -0.05) is 32.0 Å². The Labute approximate surface area is 194 Å². The average molecular weight is 442 g/mol. The standard InChI is InChI=1S/C28H31N3O2/c1-28(2)17-29-12-10-26(28)31-16-23(18-6-4-5-7-24(18)31)22-15-30-14-21(22)19-8-9-25(32-3)20-11-13-33-27(19)20/h4-9,14-16,26,29-30H,10-13,17H2,1-3H3. The van der Waals surface area contributed by atoms with Gasteiger partial charge in [0.05, 0.1) is 13.7 Å². The predicted octanol–water partition coefficient (Wildman–Crippen LogP) is 5.81. The van der Waals surface area contributed by atoms with E-state index in [9.17, 15) is 0 Å². The molecule has 6 rings (SSSR count). The average Bonchev–Trinajstić information content (AvgIpc) is 3.56. The van der Waals surface area contributed by atoms with Crippen molar-refractivity contribution in [2.75, 3.05) is 26.8 Å².